The predicted octanol–water partition coefficient (Wildman–Crippen LogP) is 4.23. The van der Waals surface area contributed by atoms with Crippen LogP contribution in [0, 0.1) is 0 Å². The maximum atomic E-state index is 12.1. The van der Waals surface area contributed by atoms with E-state index in [1.54, 1.807) is 23.5 Å². The summed E-state index contributed by atoms with van der Waals surface area (Å²) in [5.74, 6) is -0.338. The van der Waals surface area contributed by atoms with Gasteiger partial charge in [0.2, 0.25) is 0 Å². The molecule has 2 aromatic carbocycles. The van der Waals surface area contributed by atoms with E-state index in [1.165, 1.54) is 0 Å². The van der Waals surface area contributed by atoms with Crippen molar-refractivity contribution in [1.82, 2.24) is 4.98 Å². The molecule has 4 nitrogen and oxygen atoms in total. The number of thiazole rings is 1. The number of aromatic nitrogens is 1. The summed E-state index contributed by atoms with van der Waals surface area (Å²) in [4.78, 5) is 18.6. The van der Waals surface area contributed by atoms with Gasteiger partial charge in [-0.2, -0.15) is 0 Å². The molecule has 1 aromatic heterocycles. The molecule has 122 valence electrons. The topological polar surface area (TPSA) is 42.4 Å². The molecule has 24 heavy (non-hydrogen) atoms. The highest BCUT2D eigenvalue weighted by Crippen LogP contribution is 2.23. The molecule has 0 aliphatic heterocycles. The van der Waals surface area contributed by atoms with Gasteiger partial charge in [0.1, 0.15) is 11.6 Å². The summed E-state index contributed by atoms with van der Waals surface area (Å²) >= 11 is 1.55. The van der Waals surface area contributed by atoms with Crippen LogP contribution in [-0.2, 0) is 11.3 Å². The van der Waals surface area contributed by atoms with Crippen molar-refractivity contribution in [3.8, 4) is 10.6 Å². The Morgan fingerprint density at radius 2 is 1.79 bits per heavy atom. The molecule has 0 bridgehead atoms. The molecule has 5 heteroatoms. The Hall–Kier alpha value is -2.66. The Morgan fingerprint density at radius 1 is 1.08 bits per heavy atom. The van der Waals surface area contributed by atoms with Gasteiger partial charge in [0.15, 0.2) is 0 Å². The number of esters is 1. The van der Waals surface area contributed by atoms with Crippen LogP contribution in [0.2, 0.25) is 0 Å². The number of ether oxygens (including phenoxy) is 1. The number of hydrogen-bond donors (Lipinski definition) is 0. The minimum Gasteiger partial charge on any atom is -0.456 e. The summed E-state index contributed by atoms with van der Waals surface area (Å²) in [6.07, 6.45) is 0. The number of carbonyl (C=O) groups is 1. The lowest BCUT2D eigenvalue weighted by Gasteiger charge is -2.12. The largest absolute Gasteiger partial charge is 0.456 e. The van der Waals surface area contributed by atoms with Crippen LogP contribution in [0.25, 0.3) is 10.6 Å². The van der Waals surface area contributed by atoms with Crippen LogP contribution in [-0.4, -0.2) is 25.0 Å². The summed E-state index contributed by atoms with van der Waals surface area (Å²) in [7, 11) is 3.92. The third kappa shape index (κ3) is 3.81. The van der Waals surface area contributed by atoms with E-state index in [1.807, 2.05) is 66.8 Å². The molecule has 0 saturated carbocycles. The minimum atomic E-state index is -0.338. The number of nitrogens with zero attached hydrogens (tertiary/aromatic N) is 2. The van der Waals surface area contributed by atoms with Gasteiger partial charge in [-0.05, 0) is 24.3 Å². The highest BCUT2D eigenvalue weighted by atomic mass is 32.1. The molecule has 0 atom stereocenters. The fourth-order valence-electron chi connectivity index (χ4n) is 2.21. The van der Waals surface area contributed by atoms with E-state index in [4.69, 9.17) is 4.74 Å². The first kappa shape index (κ1) is 16.2. The molecule has 0 radical (unpaired) electrons. The standard InChI is InChI=1S/C19H18N2O2S/c1-21(2)17-10-8-15(9-11-17)19(22)23-12-16-13-24-18(20-16)14-6-4-3-5-7-14/h3-11,13H,12H2,1-2H3. The van der Waals surface area contributed by atoms with Gasteiger partial charge in [0, 0.05) is 30.7 Å². The Balaban J connectivity index is 1.61. The number of benzene rings is 2. The van der Waals surface area contributed by atoms with E-state index in [0.29, 0.717) is 5.56 Å². The molecule has 0 aliphatic carbocycles. The van der Waals surface area contributed by atoms with Crippen LogP contribution in [0.1, 0.15) is 16.1 Å². The lowest BCUT2D eigenvalue weighted by molar-refractivity contribution is 0.0468. The van der Waals surface area contributed by atoms with Gasteiger partial charge >= 0.3 is 5.97 Å². The summed E-state index contributed by atoms with van der Waals surface area (Å²) in [5, 5.41) is 2.85. The second-order valence-electron chi connectivity index (χ2n) is 5.53. The van der Waals surface area contributed by atoms with E-state index in [0.717, 1.165) is 22.0 Å². The first-order chi connectivity index (χ1) is 11.6. The van der Waals surface area contributed by atoms with E-state index in [-0.39, 0.29) is 12.6 Å². The lowest BCUT2D eigenvalue weighted by atomic mass is 10.2. The van der Waals surface area contributed by atoms with Crippen molar-refractivity contribution in [3.63, 3.8) is 0 Å². The lowest BCUT2D eigenvalue weighted by Crippen LogP contribution is -2.09. The van der Waals surface area contributed by atoms with Crippen molar-refractivity contribution < 1.29 is 9.53 Å². The van der Waals surface area contributed by atoms with Gasteiger partial charge in [-0.3, -0.25) is 0 Å². The van der Waals surface area contributed by atoms with Crippen molar-refractivity contribution >= 4 is 23.0 Å². The van der Waals surface area contributed by atoms with Crippen molar-refractivity contribution in [1.29, 1.82) is 0 Å². The third-order valence-corrected chi connectivity index (χ3v) is 4.48. The summed E-state index contributed by atoms with van der Waals surface area (Å²) in [5.41, 5.74) is 3.41. The first-order valence-corrected chi connectivity index (χ1v) is 8.46. The van der Waals surface area contributed by atoms with Crippen molar-refractivity contribution in [2.75, 3.05) is 19.0 Å². The van der Waals surface area contributed by atoms with Gasteiger partial charge in [-0.1, -0.05) is 30.3 Å². The number of carbonyl (C=O) groups excluding carboxylic acids is 1. The van der Waals surface area contributed by atoms with Crippen LogP contribution in [0.4, 0.5) is 5.69 Å². The highest BCUT2D eigenvalue weighted by Gasteiger charge is 2.10. The average molecular weight is 338 g/mol. The summed E-state index contributed by atoms with van der Waals surface area (Å²) < 4.78 is 5.36. The maximum absolute atomic E-state index is 12.1. The molecule has 3 aromatic rings. The van der Waals surface area contributed by atoms with Crippen LogP contribution >= 0.6 is 11.3 Å². The Morgan fingerprint density at radius 3 is 2.46 bits per heavy atom. The number of rotatable bonds is 5. The molecule has 0 saturated heterocycles. The number of anilines is 1. The third-order valence-electron chi connectivity index (χ3n) is 3.54. The SMILES string of the molecule is CN(C)c1ccc(C(=O)OCc2csc(-c3ccccc3)n2)cc1. The molecule has 0 aliphatic rings. The molecule has 0 amide bonds. The molecule has 0 N–H and O–H groups in total. The minimum absolute atomic E-state index is 0.178. The van der Waals surface area contributed by atoms with Crippen LogP contribution < -0.4 is 4.90 Å². The van der Waals surface area contributed by atoms with Gasteiger partial charge < -0.3 is 9.64 Å². The van der Waals surface area contributed by atoms with Crippen molar-refractivity contribution in [2.45, 2.75) is 6.61 Å². The maximum Gasteiger partial charge on any atom is 0.338 e. The summed E-state index contributed by atoms with van der Waals surface area (Å²) in [6, 6.07) is 17.3. The fraction of sp³-hybridized carbons (Fsp3) is 0.158. The zero-order valence-corrected chi connectivity index (χ0v) is 14.4. The molecule has 0 fully saturated rings. The monoisotopic (exact) mass is 338 g/mol. The van der Waals surface area contributed by atoms with Crippen LogP contribution in [0.15, 0.2) is 60.0 Å². The van der Waals surface area contributed by atoms with E-state index < -0.39 is 0 Å². The number of hydrogen-bond acceptors (Lipinski definition) is 5. The second-order valence-corrected chi connectivity index (χ2v) is 6.39. The zero-order chi connectivity index (χ0) is 16.9. The Bertz CT molecular complexity index is 811. The highest BCUT2D eigenvalue weighted by molar-refractivity contribution is 7.13. The first-order valence-electron chi connectivity index (χ1n) is 7.58. The Labute approximate surface area is 145 Å². The normalized spacial score (nSPS) is 10.4. The van der Waals surface area contributed by atoms with Gasteiger partial charge in [0.25, 0.3) is 0 Å². The molecule has 1 heterocycles. The molecule has 0 unspecified atom stereocenters. The van der Waals surface area contributed by atoms with Gasteiger partial charge in [0.05, 0.1) is 11.3 Å². The van der Waals surface area contributed by atoms with Crippen molar-refractivity contribution in [3.05, 3.63) is 71.2 Å². The van der Waals surface area contributed by atoms with Crippen LogP contribution in [0.5, 0.6) is 0 Å². The molecule has 3 rings (SSSR count). The average Bonchev–Trinajstić information content (AvgIpc) is 3.09. The van der Waals surface area contributed by atoms with Gasteiger partial charge in [-0.25, -0.2) is 9.78 Å². The molecular formula is C19H18N2O2S. The second kappa shape index (κ2) is 7.27. The molecular weight excluding hydrogens is 320 g/mol. The fourth-order valence-corrected chi connectivity index (χ4v) is 3.02. The smallest absolute Gasteiger partial charge is 0.338 e. The van der Waals surface area contributed by atoms with E-state index >= 15 is 0 Å². The van der Waals surface area contributed by atoms with Crippen molar-refractivity contribution in [2.24, 2.45) is 0 Å². The van der Waals surface area contributed by atoms with E-state index in [2.05, 4.69) is 4.98 Å². The zero-order valence-electron chi connectivity index (χ0n) is 13.6. The predicted molar refractivity (Wildman–Crippen MR) is 97.4 cm³/mol. The summed E-state index contributed by atoms with van der Waals surface area (Å²) in [6.45, 7) is 0.178. The van der Waals surface area contributed by atoms with Crippen LogP contribution in [0.3, 0.4) is 0 Å². The quantitative estimate of drug-likeness (QED) is 0.653. The van der Waals surface area contributed by atoms with Gasteiger partial charge in [-0.15, -0.1) is 11.3 Å². The molecule has 0 spiro atoms. The van der Waals surface area contributed by atoms with E-state index in [9.17, 15) is 4.79 Å². The Kier molecular flexibility index (Phi) is 4.91.